The molecule has 0 atom stereocenters. The smallest absolute Gasteiger partial charge is 0.262 e. The van der Waals surface area contributed by atoms with Crippen molar-refractivity contribution >= 4 is 44.9 Å². The Hall–Kier alpha value is -2.26. The number of thiophene rings is 1. The fourth-order valence-electron chi connectivity index (χ4n) is 2.44. The van der Waals surface area contributed by atoms with Crippen LogP contribution in [0, 0.1) is 25.5 Å². The Kier molecular flexibility index (Phi) is 5.10. The van der Waals surface area contributed by atoms with Crippen molar-refractivity contribution in [3.63, 3.8) is 0 Å². The van der Waals surface area contributed by atoms with Gasteiger partial charge in [-0.3, -0.25) is 14.2 Å². The summed E-state index contributed by atoms with van der Waals surface area (Å²) in [5.41, 5.74) is 0.794. The molecule has 2 aromatic heterocycles. The normalized spacial score (nSPS) is 11.1. The van der Waals surface area contributed by atoms with E-state index in [-0.39, 0.29) is 17.0 Å². The Balaban J connectivity index is 1.78. The largest absolute Gasteiger partial charge is 0.325 e. The average Bonchev–Trinajstić information content (AvgIpc) is 2.83. The van der Waals surface area contributed by atoms with E-state index < -0.39 is 17.5 Å². The highest BCUT2D eigenvalue weighted by molar-refractivity contribution is 7.99. The molecule has 3 rings (SSSR count). The van der Waals surface area contributed by atoms with Crippen molar-refractivity contribution in [2.24, 2.45) is 7.05 Å². The van der Waals surface area contributed by atoms with E-state index in [1.54, 1.807) is 7.05 Å². The topological polar surface area (TPSA) is 64.0 Å². The van der Waals surface area contributed by atoms with E-state index in [2.05, 4.69) is 10.3 Å². The van der Waals surface area contributed by atoms with Gasteiger partial charge >= 0.3 is 0 Å². The first-order chi connectivity index (χ1) is 12.3. The molecular weight excluding hydrogens is 380 g/mol. The first-order valence-electron chi connectivity index (χ1n) is 7.61. The number of aromatic nitrogens is 2. The maximum atomic E-state index is 13.2. The van der Waals surface area contributed by atoms with Gasteiger partial charge in [0.1, 0.15) is 16.5 Å². The van der Waals surface area contributed by atoms with Crippen LogP contribution in [0.15, 0.2) is 28.2 Å². The van der Waals surface area contributed by atoms with Crippen LogP contribution >= 0.6 is 23.1 Å². The predicted octanol–water partition coefficient (Wildman–Crippen LogP) is 3.62. The molecule has 0 fully saturated rings. The van der Waals surface area contributed by atoms with Gasteiger partial charge in [0.2, 0.25) is 5.91 Å². The van der Waals surface area contributed by atoms with E-state index in [9.17, 15) is 18.4 Å². The third-order valence-electron chi connectivity index (χ3n) is 3.85. The van der Waals surface area contributed by atoms with Crippen LogP contribution < -0.4 is 10.9 Å². The zero-order valence-electron chi connectivity index (χ0n) is 14.2. The van der Waals surface area contributed by atoms with E-state index >= 15 is 0 Å². The molecule has 0 aliphatic heterocycles. The Morgan fingerprint density at radius 1 is 1.27 bits per heavy atom. The van der Waals surface area contributed by atoms with Gasteiger partial charge in [-0.25, -0.2) is 13.8 Å². The number of carbonyl (C=O) groups excluding carboxylic acids is 1. The number of hydrogen-bond acceptors (Lipinski definition) is 5. The minimum atomic E-state index is -0.772. The molecule has 2 heterocycles. The number of hydrogen-bond donors (Lipinski definition) is 1. The van der Waals surface area contributed by atoms with Crippen LogP contribution in [0.4, 0.5) is 14.5 Å². The highest BCUT2D eigenvalue weighted by Crippen LogP contribution is 2.28. The molecule has 26 heavy (non-hydrogen) atoms. The fraction of sp³-hybridized carbons (Fsp3) is 0.235. The minimum absolute atomic E-state index is 0.0370. The molecular formula is C17H15F2N3O2S2. The highest BCUT2D eigenvalue weighted by atomic mass is 32.2. The van der Waals surface area contributed by atoms with Crippen LogP contribution in [0.5, 0.6) is 0 Å². The summed E-state index contributed by atoms with van der Waals surface area (Å²) in [6.45, 7) is 3.81. The van der Waals surface area contributed by atoms with Gasteiger partial charge in [-0.1, -0.05) is 11.8 Å². The van der Waals surface area contributed by atoms with Gasteiger partial charge in [0, 0.05) is 23.7 Å². The standard InChI is InChI=1S/C17H15F2N3O2S2/c1-8-9(2)26-15-14(8)16(24)22(3)17(21-15)25-7-13(23)20-12-5-10(18)4-11(19)6-12/h4-6H,7H2,1-3H3,(H,20,23). The molecule has 0 radical (unpaired) electrons. The number of thioether (sulfide) groups is 1. The number of aryl methyl sites for hydroxylation is 2. The maximum absolute atomic E-state index is 13.2. The number of carbonyl (C=O) groups is 1. The van der Waals surface area contributed by atoms with Crippen LogP contribution in [0.2, 0.25) is 0 Å². The van der Waals surface area contributed by atoms with E-state index in [1.165, 1.54) is 15.9 Å². The maximum Gasteiger partial charge on any atom is 0.262 e. The minimum Gasteiger partial charge on any atom is -0.325 e. The molecule has 1 amide bonds. The quantitative estimate of drug-likeness (QED) is 0.541. The van der Waals surface area contributed by atoms with Gasteiger partial charge in [0.15, 0.2) is 5.16 Å². The number of fused-ring (bicyclic) bond motifs is 1. The number of benzene rings is 1. The van der Waals surface area contributed by atoms with Crippen molar-refractivity contribution in [2.75, 3.05) is 11.1 Å². The molecule has 0 saturated carbocycles. The molecule has 5 nitrogen and oxygen atoms in total. The van der Waals surface area contributed by atoms with Crippen LogP contribution in [0.3, 0.4) is 0 Å². The molecule has 0 bridgehead atoms. The lowest BCUT2D eigenvalue weighted by molar-refractivity contribution is -0.113. The molecule has 0 unspecified atom stereocenters. The van der Waals surface area contributed by atoms with Crippen molar-refractivity contribution in [2.45, 2.75) is 19.0 Å². The van der Waals surface area contributed by atoms with Gasteiger partial charge in [0.05, 0.1) is 11.1 Å². The third-order valence-corrected chi connectivity index (χ3v) is 5.98. The summed E-state index contributed by atoms with van der Waals surface area (Å²) in [7, 11) is 1.60. The molecule has 0 aliphatic carbocycles. The van der Waals surface area contributed by atoms with Crippen molar-refractivity contribution in [1.82, 2.24) is 9.55 Å². The monoisotopic (exact) mass is 395 g/mol. The summed E-state index contributed by atoms with van der Waals surface area (Å²) in [5.74, 6) is -2.04. The van der Waals surface area contributed by atoms with Crippen LogP contribution in [-0.4, -0.2) is 21.2 Å². The van der Waals surface area contributed by atoms with Gasteiger partial charge in [-0.05, 0) is 31.5 Å². The summed E-state index contributed by atoms with van der Waals surface area (Å²) in [6.07, 6.45) is 0. The summed E-state index contributed by atoms with van der Waals surface area (Å²) < 4.78 is 27.7. The lowest BCUT2D eigenvalue weighted by atomic mass is 10.2. The van der Waals surface area contributed by atoms with Crippen molar-refractivity contribution in [1.29, 1.82) is 0 Å². The molecule has 0 aliphatic rings. The Morgan fingerprint density at radius 2 is 1.92 bits per heavy atom. The Bertz CT molecular complexity index is 1060. The van der Waals surface area contributed by atoms with Gasteiger partial charge in [0.25, 0.3) is 5.56 Å². The third kappa shape index (κ3) is 3.63. The fourth-order valence-corrected chi connectivity index (χ4v) is 4.28. The molecule has 1 aromatic carbocycles. The number of amides is 1. The summed E-state index contributed by atoms with van der Waals surface area (Å²) in [6, 6.07) is 2.79. The van der Waals surface area contributed by atoms with Crippen molar-refractivity contribution in [3.8, 4) is 0 Å². The van der Waals surface area contributed by atoms with E-state index in [0.29, 0.717) is 15.4 Å². The lowest BCUT2D eigenvalue weighted by Gasteiger charge is -2.08. The first kappa shape index (κ1) is 18.5. The Labute approximate surface area is 156 Å². The van der Waals surface area contributed by atoms with Gasteiger partial charge < -0.3 is 5.32 Å². The number of anilines is 1. The van der Waals surface area contributed by atoms with E-state index in [1.807, 2.05) is 13.8 Å². The van der Waals surface area contributed by atoms with Crippen LogP contribution in [0.1, 0.15) is 10.4 Å². The summed E-state index contributed by atoms with van der Waals surface area (Å²) in [4.78, 5) is 30.7. The zero-order chi connectivity index (χ0) is 19.0. The molecule has 0 spiro atoms. The molecule has 136 valence electrons. The molecule has 9 heteroatoms. The molecule has 1 N–H and O–H groups in total. The van der Waals surface area contributed by atoms with Crippen LogP contribution in [-0.2, 0) is 11.8 Å². The number of nitrogens with one attached hydrogen (secondary N) is 1. The van der Waals surface area contributed by atoms with E-state index in [4.69, 9.17) is 0 Å². The summed E-state index contributed by atoms with van der Waals surface area (Å²) >= 11 is 2.52. The predicted molar refractivity (Wildman–Crippen MR) is 100 cm³/mol. The SMILES string of the molecule is Cc1sc2nc(SCC(=O)Nc3cc(F)cc(F)c3)n(C)c(=O)c2c1C. The second-order valence-electron chi connectivity index (χ2n) is 5.72. The second kappa shape index (κ2) is 7.16. The molecule has 0 saturated heterocycles. The van der Waals surface area contributed by atoms with Gasteiger partial charge in [-0.15, -0.1) is 11.3 Å². The van der Waals surface area contributed by atoms with Crippen molar-refractivity contribution in [3.05, 3.63) is 50.6 Å². The average molecular weight is 395 g/mol. The number of rotatable bonds is 4. The highest BCUT2D eigenvalue weighted by Gasteiger charge is 2.16. The first-order valence-corrected chi connectivity index (χ1v) is 9.42. The van der Waals surface area contributed by atoms with Crippen molar-refractivity contribution < 1.29 is 13.6 Å². The Morgan fingerprint density at radius 3 is 2.58 bits per heavy atom. The molecule has 3 aromatic rings. The van der Waals surface area contributed by atoms with Gasteiger partial charge in [-0.2, -0.15) is 0 Å². The van der Waals surface area contributed by atoms with Crippen LogP contribution in [0.25, 0.3) is 10.2 Å². The van der Waals surface area contributed by atoms with E-state index in [0.717, 1.165) is 40.4 Å². The second-order valence-corrected chi connectivity index (χ2v) is 7.86. The number of halogens is 2. The summed E-state index contributed by atoms with van der Waals surface area (Å²) in [5, 5.41) is 3.43. The number of nitrogens with zero attached hydrogens (tertiary/aromatic N) is 2. The zero-order valence-corrected chi connectivity index (χ0v) is 15.9. The lowest BCUT2D eigenvalue weighted by Crippen LogP contribution is -2.21.